The Labute approximate surface area is 232 Å². The third kappa shape index (κ3) is 9.05. The van der Waals surface area contributed by atoms with Gasteiger partial charge < -0.3 is 27.6 Å². The molecular weight excluding hydrogens is 552 g/mol. The zero-order chi connectivity index (χ0) is 30.2. The highest BCUT2D eigenvalue weighted by Crippen LogP contribution is 2.39. The maximum Gasteiger partial charge on any atom is 0.433 e. The highest BCUT2D eigenvalue weighted by Gasteiger charge is 2.38. The van der Waals surface area contributed by atoms with E-state index in [0.29, 0.717) is 31.6 Å². The number of pyridine rings is 1. The molecular formula is C27H31F6N7O. The summed E-state index contributed by atoms with van der Waals surface area (Å²) in [6.07, 6.45) is -8.18. The Kier molecular flexibility index (Phi) is 10.5. The van der Waals surface area contributed by atoms with Crippen LogP contribution < -0.4 is 22.5 Å². The largest absolute Gasteiger partial charge is 0.433 e. The molecule has 222 valence electrons. The van der Waals surface area contributed by atoms with Gasteiger partial charge in [0.15, 0.2) is 5.96 Å². The average molecular weight is 584 g/mol. The fourth-order valence-corrected chi connectivity index (χ4v) is 4.37. The maximum absolute atomic E-state index is 13.2. The first-order valence-corrected chi connectivity index (χ1v) is 12.7. The summed E-state index contributed by atoms with van der Waals surface area (Å²) in [6.45, 7) is 1.16. The van der Waals surface area contributed by atoms with E-state index in [-0.39, 0.29) is 22.9 Å². The number of aliphatic hydroxyl groups is 1. The van der Waals surface area contributed by atoms with E-state index in [1.54, 1.807) is 0 Å². The molecule has 0 radical (unpaired) electrons. The summed E-state index contributed by atoms with van der Waals surface area (Å²) in [5, 5.41) is 13.5. The molecule has 2 atom stereocenters. The zero-order valence-electron chi connectivity index (χ0n) is 21.9. The van der Waals surface area contributed by atoms with Crippen LogP contribution in [0.3, 0.4) is 0 Å². The normalized spacial score (nSPS) is 17.0. The first-order chi connectivity index (χ1) is 19.3. The van der Waals surface area contributed by atoms with Gasteiger partial charge in [0.2, 0.25) is 5.96 Å². The summed E-state index contributed by atoms with van der Waals surface area (Å²) in [7, 11) is 0. The molecule has 1 fully saturated rings. The molecule has 3 aromatic rings. The average Bonchev–Trinajstić information content (AvgIpc) is 2.91. The molecule has 2 aromatic carbocycles. The van der Waals surface area contributed by atoms with Crippen LogP contribution in [0.25, 0.3) is 10.9 Å². The smallest absolute Gasteiger partial charge is 0.387 e. The van der Waals surface area contributed by atoms with Gasteiger partial charge in [0, 0.05) is 18.0 Å². The van der Waals surface area contributed by atoms with Crippen molar-refractivity contribution in [3.8, 4) is 0 Å². The third-order valence-electron chi connectivity index (χ3n) is 6.28. The minimum atomic E-state index is -4.93. The molecule has 0 unspecified atom stereocenters. The number of para-hydroxylation sites is 1. The van der Waals surface area contributed by atoms with Gasteiger partial charge in [-0.25, -0.2) is 4.98 Å². The Morgan fingerprint density at radius 3 is 2.27 bits per heavy atom. The molecule has 1 aliphatic heterocycles. The van der Waals surface area contributed by atoms with Crippen molar-refractivity contribution in [3.63, 3.8) is 0 Å². The highest BCUT2D eigenvalue weighted by molar-refractivity contribution is 5.92. The van der Waals surface area contributed by atoms with Crippen LogP contribution in [0.2, 0.25) is 0 Å². The molecule has 14 heteroatoms. The number of benzene rings is 2. The Morgan fingerprint density at radius 1 is 0.976 bits per heavy atom. The molecule has 4 rings (SSSR count). The van der Waals surface area contributed by atoms with E-state index in [2.05, 4.69) is 20.3 Å². The summed E-state index contributed by atoms with van der Waals surface area (Å²) in [5.74, 6) is 0.0434. The van der Waals surface area contributed by atoms with Gasteiger partial charge in [0.05, 0.1) is 17.2 Å². The molecule has 1 saturated heterocycles. The van der Waals surface area contributed by atoms with E-state index >= 15 is 0 Å². The van der Waals surface area contributed by atoms with Gasteiger partial charge in [-0.05, 0) is 49.1 Å². The lowest BCUT2D eigenvalue weighted by Crippen LogP contribution is -2.39. The molecule has 2 heterocycles. The van der Waals surface area contributed by atoms with Gasteiger partial charge in [-0.1, -0.05) is 48.9 Å². The maximum atomic E-state index is 13.2. The molecule has 41 heavy (non-hydrogen) atoms. The van der Waals surface area contributed by atoms with Gasteiger partial charge >= 0.3 is 12.4 Å². The molecule has 0 amide bonds. The molecule has 1 aromatic heterocycles. The van der Waals surface area contributed by atoms with E-state index in [9.17, 15) is 31.4 Å². The van der Waals surface area contributed by atoms with Crippen molar-refractivity contribution < 1.29 is 31.4 Å². The summed E-state index contributed by atoms with van der Waals surface area (Å²) < 4.78 is 79.3. The molecule has 1 aliphatic rings. The molecule has 8 nitrogen and oxygen atoms in total. The number of halogens is 6. The van der Waals surface area contributed by atoms with Gasteiger partial charge in [-0.15, -0.1) is 0 Å². The molecule has 0 bridgehead atoms. The van der Waals surface area contributed by atoms with Crippen LogP contribution in [-0.2, 0) is 18.8 Å². The number of hydrogen-bond donors (Lipinski definition) is 5. The van der Waals surface area contributed by atoms with Crippen LogP contribution in [-0.4, -0.2) is 41.1 Å². The van der Waals surface area contributed by atoms with Crippen LogP contribution >= 0.6 is 0 Å². The van der Waals surface area contributed by atoms with Gasteiger partial charge in [-0.3, -0.25) is 4.99 Å². The van der Waals surface area contributed by atoms with E-state index in [0.717, 1.165) is 25.3 Å². The number of fused-ring (bicyclic) bond motifs is 1. The number of piperidine rings is 1. The first kappa shape index (κ1) is 31.6. The van der Waals surface area contributed by atoms with Crippen molar-refractivity contribution in [1.29, 1.82) is 0 Å². The second-order valence-electron chi connectivity index (χ2n) is 9.31. The lowest BCUT2D eigenvalue weighted by atomic mass is 9.91. The molecule has 0 aliphatic carbocycles. The second kappa shape index (κ2) is 13.6. The van der Waals surface area contributed by atoms with Crippen molar-refractivity contribution in [2.45, 2.75) is 50.2 Å². The van der Waals surface area contributed by atoms with Gasteiger partial charge in [0.25, 0.3) is 0 Å². The number of nitrogens with zero attached hydrogens (tertiary/aromatic N) is 3. The number of aliphatic imine (C=N–C) groups is 2. The number of guanidine groups is 2. The number of nitrogens with two attached hydrogens (primary N) is 3. The van der Waals surface area contributed by atoms with Crippen LogP contribution in [0.15, 0.2) is 64.6 Å². The fraction of sp³-hybridized carbons (Fsp3) is 0.370. The predicted molar refractivity (Wildman–Crippen MR) is 145 cm³/mol. The number of alkyl halides is 6. The van der Waals surface area contributed by atoms with E-state index in [4.69, 9.17) is 17.2 Å². The Hall–Kier alpha value is -3.91. The molecule has 0 saturated carbocycles. The van der Waals surface area contributed by atoms with Gasteiger partial charge in [0.1, 0.15) is 5.69 Å². The van der Waals surface area contributed by atoms with E-state index in [1.807, 2.05) is 30.3 Å². The summed E-state index contributed by atoms with van der Waals surface area (Å²) in [4.78, 5) is 10.8. The predicted octanol–water partition coefficient (Wildman–Crippen LogP) is 4.27. The van der Waals surface area contributed by atoms with Crippen molar-refractivity contribution in [2.75, 3.05) is 13.1 Å². The second-order valence-corrected chi connectivity index (χ2v) is 9.31. The number of aliphatic hydroxyl groups excluding tert-OH is 1. The summed E-state index contributed by atoms with van der Waals surface area (Å²) in [5.41, 5.74) is 13.2. The Morgan fingerprint density at radius 2 is 1.68 bits per heavy atom. The van der Waals surface area contributed by atoms with Crippen LogP contribution in [0.1, 0.15) is 47.8 Å². The topological polar surface area (TPSA) is 148 Å². The zero-order valence-corrected chi connectivity index (χ0v) is 21.9. The Bertz CT molecular complexity index is 1350. The number of rotatable bonds is 5. The Balaban J connectivity index is 0.000000263. The van der Waals surface area contributed by atoms with E-state index < -0.39 is 41.3 Å². The fourth-order valence-electron chi connectivity index (χ4n) is 4.37. The highest BCUT2D eigenvalue weighted by atomic mass is 19.4. The lowest BCUT2D eigenvalue weighted by molar-refractivity contribution is -0.142. The van der Waals surface area contributed by atoms with Crippen molar-refractivity contribution in [1.82, 2.24) is 10.3 Å². The first-order valence-electron chi connectivity index (χ1n) is 12.7. The number of nitrogens with one attached hydrogen (secondary N) is 1. The lowest BCUT2D eigenvalue weighted by Gasteiger charge is -2.29. The van der Waals surface area contributed by atoms with Crippen LogP contribution in [0.4, 0.5) is 26.3 Å². The number of aromatic nitrogens is 1. The summed E-state index contributed by atoms with van der Waals surface area (Å²) >= 11 is 0. The van der Waals surface area contributed by atoms with Crippen molar-refractivity contribution in [2.24, 2.45) is 27.2 Å². The van der Waals surface area contributed by atoms with Crippen LogP contribution in [0.5, 0.6) is 0 Å². The molecule has 8 N–H and O–H groups in total. The number of hydrogen-bond acceptors (Lipinski definition) is 4. The van der Waals surface area contributed by atoms with Gasteiger partial charge in [-0.2, -0.15) is 31.3 Å². The SMILES string of the molecule is NC(N)=NC(N)=NCCc1ccccc1.O[C@@H](c1cc(C(F)(F)F)nc2c(C(F)(F)F)cccc12)[C@H]1CCCCN1. The summed E-state index contributed by atoms with van der Waals surface area (Å²) in [6, 6.07) is 13.2. The van der Waals surface area contributed by atoms with Crippen LogP contribution in [0, 0.1) is 0 Å². The van der Waals surface area contributed by atoms with E-state index in [1.165, 1.54) is 11.6 Å². The standard InChI is InChI=1S/C17H16F6N2O.C10H15N5/c18-16(19,20)11-5-3-4-9-10(15(26)12-6-1-2-7-24-12)8-13(17(21,22)23)25-14(9)11;11-9(12)15-10(13)14-7-6-8-4-2-1-3-5-8/h3-5,8,12,15,24,26H,1-2,6-7H2;1-5H,6-7H2,(H6,11,12,13,14,15)/t12-,15+;/m1./s1. The quantitative estimate of drug-likeness (QED) is 0.172. The van der Waals surface area contributed by atoms with Crippen molar-refractivity contribution >= 4 is 22.8 Å². The third-order valence-corrected chi connectivity index (χ3v) is 6.28. The van der Waals surface area contributed by atoms with Crippen molar-refractivity contribution in [3.05, 3.63) is 77.0 Å². The minimum Gasteiger partial charge on any atom is -0.387 e. The molecule has 0 spiro atoms. The monoisotopic (exact) mass is 583 g/mol. The minimum absolute atomic E-state index is 0.0732.